The summed E-state index contributed by atoms with van der Waals surface area (Å²) in [4.78, 5) is 0. The average Bonchev–Trinajstić information content (AvgIpc) is 2.13. The van der Waals surface area contributed by atoms with Crippen molar-refractivity contribution in [2.24, 2.45) is 0 Å². The molecule has 1 nitrogen and oxygen atoms in total. The van der Waals surface area contributed by atoms with E-state index in [1.165, 1.54) is 22.3 Å². The molecule has 1 unspecified atom stereocenters. The van der Waals surface area contributed by atoms with Crippen molar-refractivity contribution in [1.29, 1.82) is 0 Å². The Bertz CT molecular complexity index is 307. The molecule has 0 amide bonds. The number of rotatable bonds is 2. The second-order valence-corrected chi connectivity index (χ2v) is 3.93. The number of hydrogen-bond donors (Lipinski definition) is 2. The fourth-order valence-corrected chi connectivity index (χ4v) is 1.71. The molecule has 1 N–H and O–H groups in total. The zero-order valence-corrected chi connectivity index (χ0v) is 9.57. The van der Waals surface area contributed by atoms with Gasteiger partial charge in [-0.2, -0.15) is 12.6 Å². The van der Waals surface area contributed by atoms with E-state index < -0.39 is 0 Å². The Hall–Kier alpha value is -0.470. The van der Waals surface area contributed by atoms with Crippen molar-refractivity contribution in [2.75, 3.05) is 7.05 Å². The van der Waals surface area contributed by atoms with Gasteiger partial charge in [0.25, 0.3) is 0 Å². The van der Waals surface area contributed by atoms with Crippen LogP contribution in [0.3, 0.4) is 0 Å². The Kier molecular flexibility index (Phi) is 3.40. The molecule has 1 aromatic carbocycles. The van der Waals surface area contributed by atoms with E-state index in [4.69, 9.17) is 0 Å². The van der Waals surface area contributed by atoms with Gasteiger partial charge in [-0.25, -0.2) is 0 Å². The molecule has 0 aromatic heterocycles. The standard InChI is InChI=1S/C11H17NS/c1-7-5-6-10(11(13)12-4)9(3)8(7)2/h5-6,11-13H,1-4H3. The summed E-state index contributed by atoms with van der Waals surface area (Å²) in [6, 6.07) is 4.30. The number of thiol groups is 1. The topological polar surface area (TPSA) is 12.0 Å². The zero-order chi connectivity index (χ0) is 10.0. The molecule has 2 heteroatoms. The van der Waals surface area contributed by atoms with Crippen molar-refractivity contribution in [3.05, 3.63) is 34.4 Å². The first-order chi connectivity index (χ1) is 6.07. The lowest BCUT2D eigenvalue weighted by Gasteiger charge is -2.16. The summed E-state index contributed by atoms with van der Waals surface area (Å²) in [6.07, 6.45) is 0. The maximum atomic E-state index is 4.46. The van der Waals surface area contributed by atoms with Crippen LogP contribution in [-0.4, -0.2) is 7.05 Å². The van der Waals surface area contributed by atoms with Crippen LogP contribution in [0.5, 0.6) is 0 Å². The van der Waals surface area contributed by atoms with Gasteiger partial charge in [-0.1, -0.05) is 12.1 Å². The fourth-order valence-electron chi connectivity index (χ4n) is 1.43. The number of nitrogens with one attached hydrogen (secondary N) is 1. The van der Waals surface area contributed by atoms with E-state index in [1.807, 2.05) is 7.05 Å². The van der Waals surface area contributed by atoms with Crippen molar-refractivity contribution in [3.63, 3.8) is 0 Å². The molecule has 1 aromatic rings. The van der Waals surface area contributed by atoms with Crippen molar-refractivity contribution in [3.8, 4) is 0 Å². The molecule has 0 bridgehead atoms. The minimum Gasteiger partial charge on any atom is -0.305 e. The second-order valence-electron chi connectivity index (χ2n) is 3.41. The smallest absolute Gasteiger partial charge is 0.0760 e. The number of benzene rings is 1. The first-order valence-corrected chi connectivity index (χ1v) is 5.01. The molecule has 0 aliphatic carbocycles. The van der Waals surface area contributed by atoms with Crippen LogP contribution in [0.25, 0.3) is 0 Å². The van der Waals surface area contributed by atoms with Crippen LogP contribution in [0.1, 0.15) is 27.6 Å². The zero-order valence-electron chi connectivity index (χ0n) is 8.68. The fraction of sp³-hybridized carbons (Fsp3) is 0.455. The molecule has 13 heavy (non-hydrogen) atoms. The Balaban J connectivity index is 3.18. The van der Waals surface area contributed by atoms with E-state index in [0.29, 0.717) is 0 Å². The van der Waals surface area contributed by atoms with E-state index in [9.17, 15) is 0 Å². The van der Waals surface area contributed by atoms with Crippen LogP contribution >= 0.6 is 12.6 Å². The van der Waals surface area contributed by atoms with Crippen LogP contribution < -0.4 is 5.32 Å². The quantitative estimate of drug-likeness (QED) is 0.546. The lowest BCUT2D eigenvalue weighted by Crippen LogP contribution is -2.12. The third-order valence-corrected chi connectivity index (χ3v) is 3.20. The van der Waals surface area contributed by atoms with E-state index >= 15 is 0 Å². The Morgan fingerprint density at radius 2 is 1.77 bits per heavy atom. The molecule has 0 spiro atoms. The molecule has 1 atom stereocenters. The molecular formula is C11H17NS. The highest BCUT2D eigenvalue weighted by atomic mass is 32.1. The Morgan fingerprint density at radius 3 is 2.31 bits per heavy atom. The summed E-state index contributed by atoms with van der Waals surface area (Å²) in [5, 5.41) is 3.27. The van der Waals surface area contributed by atoms with Crippen LogP contribution in [0, 0.1) is 20.8 Å². The SMILES string of the molecule is CNC(S)c1ccc(C)c(C)c1C. The molecular weight excluding hydrogens is 178 g/mol. The molecule has 0 aliphatic heterocycles. The summed E-state index contributed by atoms with van der Waals surface area (Å²) in [7, 11) is 1.92. The van der Waals surface area contributed by atoms with Gasteiger partial charge in [-0.3, -0.25) is 0 Å². The van der Waals surface area contributed by atoms with Gasteiger partial charge in [0, 0.05) is 0 Å². The van der Waals surface area contributed by atoms with Crippen molar-refractivity contribution in [2.45, 2.75) is 26.1 Å². The van der Waals surface area contributed by atoms with Gasteiger partial charge in [0.15, 0.2) is 0 Å². The highest BCUT2D eigenvalue weighted by molar-refractivity contribution is 7.80. The third-order valence-electron chi connectivity index (χ3n) is 2.67. The molecule has 0 fully saturated rings. The second kappa shape index (κ2) is 4.16. The predicted molar refractivity (Wildman–Crippen MR) is 61.4 cm³/mol. The number of aryl methyl sites for hydroxylation is 1. The van der Waals surface area contributed by atoms with E-state index in [1.54, 1.807) is 0 Å². The molecule has 0 saturated carbocycles. The summed E-state index contributed by atoms with van der Waals surface area (Å²) in [5.74, 6) is 0. The maximum Gasteiger partial charge on any atom is 0.0760 e. The summed E-state index contributed by atoms with van der Waals surface area (Å²) in [5.41, 5.74) is 5.33. The van der Waals surface area contributed by atoms with Gasteiger partial charge >= 0.3 is 0 Å². The van der Waals surface area contributed by atoms with Gasteiger partial charge in [0.1, 0.15) is 0 Å². The first-order valence-electron chi connectivity index (χ1n) is 4.50. The van der Waals surface area contributed by atoms with Crippen LogP contribution in [-0.2, 0) is 0 Å². The largest absolute Gasteiger partial charge is 0.305 e. The molecule has 72 valence electrons. The molecule has 0 saturated heterocycles. The normalized spacial score (nSPS) is 13.0. The van der Waals surface area contributed by atoms with Gasteiger partial charge in [0.05, 0.1) is 5.37 Å². The summed E-state index contributed by atoms with van der Waals surface area (Å²) in [6.45, 7) is 6.45. The number of hydrogen-bond acceptors (Lipinski definition) is 2. The van der Waals surface area contributed by atoms with Crippen LogP contribution in [0.4, 0.5) is 0 Å². The van der Waals surface area contributed by atoms with E-state index in [2.05, 4.69) is 50.8 Å². The average molecular weight is 195 g/mol. The van der Waals surface area contributed by atoms with E-state index in [0.717, 1.165) is 0 Å². The van der Waals surface area contributed by atoms with Crippen LogP contribution in [0.2, 0.25) is 0 Å². The van der Waals surface area contributed by atoms with Gasteiger partial charge in [0.2, 0.25) is 0 Å². The predicted octanol–water partition coefficient (Wildman–Crippen LogP) is 2.76. The van der Waals surface area contributed by atoms with Gasteiger partial charge < -0.3 is 5.32 Å². The lowest BCUT2D eigenvalue weighted by molar-refractivity contribution is 0.793. The highest BCUT2D eigenvalue weighted by Crippen LogP contribution is 2.24. The minimum atomic E-state index is 0.138. The van der Waals surface area contributed by atoms with Crippen molar-refractivity contribution in [1.82, 2.24) is 5.32 Å². The lowest BCUT2D eigenvalue weighted by atomic mass is 9.99. The molecule has 0 aliphatic rings. The monoisotopic (exact) mass is 195 g/mol. The molecule has 0 heterocycles. The maximum absolute atomic E-state index is 4.46. The van der Waals surface area contributed by atoms with Gasteiger partial charge in [-0.15, -0.1) is 0 Å². The summed E-state index contributed by atoms with van der Waals surface area (Å²) < 4.78 is 0. The van der Waals surface area contributed by atoms with Crippen molar-refractivity contribution >= 4 is 12.6 Å². The first kappa shape index (κ1) is 10.6. The summed E-state index contributed by atoms with van der Waals surface area (Å²) >= 11 is 4.46. The highest BCUT2D eigenvalue weighted by Gasteiger charge is 2.08. The van der Waals surface area contributed by atoms with Crippen molar-refractivity contribution < 1.29 is 0 Å². The Morgan fingerprint density at radius 1 is 1.15 bits per heavy atom. The van der Waals surface area contributed by atoms with E-state index in [-0.39, 0.29) is 5.37 Å². The van der Waals surface area contributed by atoms with Gasteiger partial charge in [-0.05, 0) is 50.1 Å². The third kappa shape index (κ3) is 2.06. The Labute approximate surface area is 86.0 Å². The molecule has 1 rings (SSSR count). The minimum absolute atomic E-state index is 0.138. The van der Waals surface area contributed by atoms with Crippen LogP contribution in [0.15, 0.2) is 12.1 Å². The molecule has 0 radical (unpaired) electrons.